The molecule has 0 radical (unpaired) electrons. The molecule has 7 nitrogen and oxygen atoms in total. The minimum atomic E-state index is -0.187. The van der Waals surface area contributed by atoms with Crippen molar-refractivity contribution in [3.63, 3.8) is 0 Å². The third kappa shape index (κ3) is 6.42. The van der Waals surface area contributed by atoms with Crippen LogP contribution in [-0.2, 0) is 0 Å². The SMILES string of the molecule is CCCN=C(N)NCCNC(=O)c1ccn[nH]1.I. The largest absolute Gasteiger partial charge is 0.370 e. The number of halogens is 1. The Bertz CT molecular complexity index is 364. The van der Waals surface area contributed by atoms with Crippen LogP contribution in [0.4, 0.5) is 0 Å². The van der Waals surface area contributed by atoms with Gasteiger partial charge in [-0.2, -0.15) is 5.10 Å². The van der Waals surface area contributed by atoms with Gasteiger partial charge < -0.3 is 16.4 Å². The molecule has 0 aliphatic heterocycles. The van der Waals surface area contributed by atoms with Gasteiger partial charge in [0.1, 0.15) is 5.69 Å². The molecule has 0 spiro atoms. The fourth-order valence-corrected chi connectivity index (χ4v) is 1.13. The number of amides is 1. The lowest BCUT2D eigenvalue weighted by atomic mass is 10.4. The zero-order valence-corrected chi connectivity index (χ0v) is 12.6. The van der Waals surface area contributed by atoms with E-state index in [4.69, 9.17) is 5.73 Å². The summed E-state index contributed by atoms with van der Waals surface area (Å²) in [6.45, 7) is 3.75. The van der Waals surface area contributed by atoms with Crippen molar-refractivity contribution in [1.82, 2.24) is 20.8 Å². The van der Waals surface area contributed by atoms with E-state index in [1.54, 1.807) is 6.07 Å². The second kappa shape index (κ2) is 9.68. The van der Waals surface area contributed by atoms with Crippen LogP contribution in [0.5, 0.6) is 0 Å². The maximum atomic E-state index is 11.5. The van der Waals surface area contributed by atoms with Crippen molar-refractivity contribution in [3.05, 3.63) is 18.0 Å². The van der Waals surface area contributed by atoms with E-state index >= 15 is 0 Å². The van der Waals surface area contributed by atoms with E-state index in [2.05, 4.69) is 25.8 Å². The monoisotopic (exact) mass is 366 g/mol. The van der Waals surface area contributed by atoms with Crippen LogP contribution >= 0.6 is 24.0 Å². The lowest BCUT2D eigenvalue weighted by molar-refractivity contribution is 0.0949. The van der Waals surface area contributed by atoms with Crippen LogP contribution < -0.4 is 16.4 Å². The molecule has 0 aliphatic carbocycles. The topological polar surface area (TPSA) is 108 Å². The molecule has 18 heavy (non-hydrogen) atoms. The fraction of sp³-hybridized carbons (Fsp3) is 0.500. The average Bonchev–Trinajstić information content (AvgIpc) is 2.85. The molecule has 0 saturated heterocycles. The lowest BCUT2D eigenvalue weighted by Gasteiger charge is -2.06. The number of carbonyl (C=O) groups excluding carboxylic acids is 1. The number of nitrogens with one attached hydrogen (secondary N) is 3. The number of hydrogen-bond acceptors (Lipinski definition) is 3. The van der Waals surface area contributed by atoms with Crippen molar-refractivity contribution >= 4 is 35.8 Å². The molecule has 0 atom stereocenters. The highest BCUT2D eigenvalue weighted by atomic mass is 127. The Morgan fingerprint density at radius 2 is 2.22 bits per heavy atom. The maximum Gasteiger partial charge on any atom is 0.269 e. The van der Waals surface area contributed by atoms with Crippen molar-refractivity contribution in [1.29, 1.82) is 0 Å². The van der Waals surface area contributed by atoms with Gasteiger partial charge in [0.25, 0.3) is 5.91 Å². The van der Waals surface area contributed by atoms with Crippen molar-refractivity contribution in [2.24, 2.45) is 10.7 Å². The van der Waals surface area contributed by atoms with Crippen molar-refractivity contribution in [3.8, 4) is 0 Å². The van der Waals surface area contributed by atoms with Crippen LogP contribution in [0.3, 0.4) is 0 Å². The number of aromatic amines is 1. The zero-order valence-electron chi connectivity index (χ0n) is 10.3. The Morgan fingerprint density at radius 3 is 2.83 bits per heavy atom. The smallest absolute Gasteiger partial charge is 0.269 e. The first-order valence-electron chi connectivity index (χ1n) is 5.55. The van der Waals surface area contributed by atoms with E-state index in [0.29, 0.717) is 31.3 Å². The molecule has 1 aromatic heterocycles. The fourth-order valence-electron chi connectivity index (χ4n) is 1.13. The summed E-state index contributed by atoms with van der Waals surface area (Å²) in [5.41, 5.74) is 6.02. The highest BCUT2D eigenvalue weighted by molar-refractivity contribution is 14.0. The Balaban J connectivity index is 0.00000289. The van der Waals surface area contributed by atoms with Crippen molar-refractivity contribution in [2.75, 3.05) is 19.6 Å². The number of hydrogen-bond donors (Lipinski definition) is 4. The summed E-state index contributed by atoms with van der Waals surface area (Å²) in [5.74, 6) is 0.219. The predicted molar refractivity (Wildman–Crippen MR) is 81.1 cm³/mol. The van der Waals surface area contributed by atoms with Gasteiger partial charge in [-0.1, -0.05) is 6.92 Å². The molecule has 1 rings (SSSR count). The highest BCUT2D eigenvalue weighted by Crippen LogP contribution is 1.89. The van der Waals surface area contributed by atoms with E-state index in [0.717, 1.165) is 6.42 Å². The summed E-state index contributed by atoms with van der Waals surface area (Å²) < 4.78 is 0. The molecule has 1 heterocycles. The number of rotatable bonds is 6. The van der Waals surface area contributed by atoms with Gasteiger partial charge in [-0.25, -0.2) is 0 Å². The summed E-state index contributed by atoms with van der Waals surface area (Å²) in [7, 11) is 0. The molecule has 0 fully saturated rings. The second-order valence-corrected chi connectivity index (χ2v) is 3.42. The molecule has 5 N–H and O–H groups in total. The molecule has 0 unspecified atom stereocenters. The summed E-state index contributed by atoms with van der Waals surface area (Å²) in [4.78, 5) is 15.5. The molecule has 0 aromatic carbocycles. The Labute approximate surface area is 123 Å². The minimum Gasteiger partial charge on any atom is -0.370 e. The highest BCUT2D eigenvalue weighted by Gasteiger charge is 2.04. The summed E-state index contributed by atoms with van der Waals surface area (Å²) in [6, 6.07) is 1.61. The molecular formula is C10H19IN6O. The Hall–Kier alpha value is -1.32. The summed E-state index contributed by atoms with van der Waals surface area (Å²) in [6.07, 6.45) is 2.49. The van der Waals surface area contributed by atoms with Gasteiger partial charge in [-0.3, -0.25) is 14.9 Å². The van der Waals surface area contributed by atoms with E-state index in [1.165, 1.54) is 6.20 Å². The van der Waals surface area contributed by atoms with E-state index < -0.39 is 0 Å². The molecular weight excluding hydrogens is 347 g/mol. The third-order valence-electron chi connectivity index (χ3n) is 1.97. The van der Waals surface area contributed by atoms with Crippen molar-refractivity contribution in [2.45, 2.75) is 13.3 Å². The van der Waals surface area contributed by atoms with Gasteiger partial charge in [0.05, 0.1) is 0 Å². The second-order valence-electron chi connectivity index (χ2n) is 3.42. The number of nitrogens with zero attached hydrogens (tertiary/aromatic N) is 2. The van der Waals surface area contributed by atoms with Gasteiger partial charge in [-0.05, 0) is 12.5 Å². The Kier molecular flexibility index (Phi) is 8.97. The molecule has 0 aliphatic rings. The molecule has 1 aromatic rings. The summed E-state index contributed by atoms with van der Waals surface area (Å²) >= 11 is 0. The number of aliphatic imine (C=N–C) groups is 1. The van der Waals surface area contributed by atoms with Crippen molar-refractivity contribution < 1.29 is 4.79 Å². The minimum absolute atomic E-state index is 0. The van der Waals surface area contributed by atoms with E-state index in [-0.39, 0.29) is 29.9 Å². The predicted octanol–water partition coefficient (Wildman–Crippen LogP) is 0.0718. The van der Waals surface area contributed by atoms with Gasteiger partial charge >= 0.3 is 0 Å². The number of H-pyrrole nitrogens is 1. The van der Waals surface area contributed by atoms with Crippen LogP contribution in [-0.4, -0.2) is 41.7 Å². The van der Waals surface area contributed by atoms with Crippen LogP contribution in [0.1, 0.15) is 23.8 Å². The number of guanidine groups is 1. The first kappa shape index (κ1) is 16.7. The van der Waals surface area contributed by atoms with E-state index in [9.17, 15) is 4.79 Å². The molecule has 0 bridgehead atoms. The lowest BCUT2D eigenvalue weighted by Crippen LogP contribution is -2.38. The van der Waals surface area contributed by atoms with Gasteiger partial charge in [0.15, 0.2) is 5.96 Å². The van der Waals surface area contributed by atoms with E-state index in [1.807, 2.05) is 6.92 Å². The maximum absolute atomic E-state index is 11.5. The zero-order chi connectivity index (χ0) is 12.5. The number of aromatic nitrogens is 2. The molecule has 1 amide bonds. The molecule has 0 saturated carbocycles. The van der Waals surface area contributed by atoms with Crippen LogP contribution in [0.25, 0.3) is 0 Å². The standard InChI is InChI=1S/C10H18N6O.HI/c1-2-4-13-10(11)14-7-6-12-9(17)8-3-5-15-16-8;/h3,5H,2,4,6-7H2,1H3,(H,12,17)(H,15,16)(H3,11,13,14);1H. The number of nitrogens with two attached hydrogens (primary N) is 1. The van der Waals surface area contributed by atoms with Crippen LogP contribution in [0.2, 0.25) is 0 Å². The van der Waals surface area contributed by atoms with Crippen LogP contribution in [0, 0.1) is 0 Å². The average molecular weight is 366 g/mol. The van der Waals surface area contributed by atoms with Gasteiger partial charge in [-0.15, -0.1) is 24.0 Å². The Morgan fingerprint density at radius 1 is 1.50 bits per heavy atom. The first-order valence-corrected chi connectivity index (χ1v) is 5.55. The quantitative estimate of drug-likeness (QED) is 0.247. The normalized spacial score (nSPS) is 10.6. The van der Waals surface area contributed by atoms with Gasteiger partial charge in [0, 0.05) is 25.8 Å². The van der Waals surface area contributed by atoms with Gasteiger partial charge in [0.2, 0.25) is 0 Å². The first-order chi connectivity index (χ1) is 8.24. The van der Waals surface area contributed by atoms with Crippen LogP contribution in [0.15, 0.2) is 17.3 Å². The third-order valence-corrected chi connectivity index (χ3v) is 1.97. The molecule has 8 heteroatoms. The summed E-state index contributed by atoms with van der Waals surface area (Å²) in [5, 5.41) is 11.9. The number of carbonyl (C=O) groups is 1. The molecule has 102 valence electrons.